The number of carbonyl (C=O) groups excluding carboxylic acids is 1. The summed E-state index contributed by atoms with van der Waals surface area (Å²) in [4.78, 5) is 18.6. The Morgan fingerprint density at radius 3 is 2.92 bits per heavy atom. The Hall–Kier alpha value is -2.25. The summed E-state index contributed by atoms with van der Waals surface area (Å²) in [6.45, 7) is 4.47. The average molecular weight is 343 g/mol. The molecule has 3 N–H and O–H groups in total. The molecule has 2 aromatic rings. The molecule has 3 rings (SSSR count). The van der Waals surface area contributed by atoms with Crippen molar-refractivity contribution in [2.45, 2.75) is 44.8 Å². The highest BCUT2D eigenvalue weighted by molar-refractivity contribution is 5.81. The molecule has 0 unspecified atom stereocenters. The fourth-order valence-corrected chi connectivity index (χ4v) is 3.26. The van der Waals surface area contributed by atoms with E-state index in [0.29, 0.717) is 18.3 Å². The van der Waals surface area contributed by atoms with E-state index in [9.17, 15) is 4.79 Å². The van der Waals surface area contributed by atoms with Crippen LogP contribution in [0.4, 0.5) is 0 Å². The number of primary amides is 1. The van der Waals surface area contributed by atoms with Gasteiger partial charge in [-0.3, -0.25) is 15.0 Å². The second-order valence-corrected chi connectivity index (χ2v) is 6.44. The van der Waals surface area contributed by atoms with Gasteiger partial charge in [-0.15, -0.1) is 0 Å². The number of aromatic nitrogens is 2. The standard InChI is InChI=1S/C18H25N5O2/c1-2-16-21-15(22-25-16)12-23-10-6-9-14(11-23)20-17(18(19)24)13-7-4-3-5-8-13/h3-5,7-8,14,17,20H,2,6,9-12H2,1H3,(H2,19,24)/t14-,17+/m1/s1. The monoisotopic (exact) mass is 343 g/mol. The Labute approximate surface area is 147 Å². The number of carbonyl (C=O) groups is 1. The molecule has 1 aromatic heterocycles. The zero-order chi connectivity index (χ0) is 17.6. The normalized spacial score (nSPS) is 19.6. The van der Waals surface area contributed by atoms with Gasteiger partial charge in [0.2, 0.25) is 11.8 Å². The molecule has 1 fully saturated rings. The van der Waals surface area contributed by atoms with Crippen molar-refractivity contribution in [2.24, 2.45) is 5.73 Å². The summed E-state index contributed by atoms with van der Waals surface area (Å²) >= 11 is 0. The molecule has 134 valence electrons. The van der Waals surface area contributed by atoms with E-state index in [2.05, 4.69) is 20.4 Å². The SMILES string of the molecule is CCc1nc(CN2CCC[C@@H](N[C@H](C(N)=O)c3ccccc3)C2)no1. The van der Waals surface area contributed by atoms with Crippen LogP contribution < -0.4 is 11.1 Å². The van der Waals surface area contributed by atoms with Gasteiger partial charge in [-0.05, 0) is 24.9 Å². The van der Waals surface area contributed by atoms with Gasteiger partial charge in [0, 0.05) is 19.0 Å². The van der Waals surface area contributed by atoms with Gasteiger partial charge >= 0.3 is 0 Å². The van der Waals surface area contributed by atoms with Crippen LogP contribution in [-0.4, -0.2) is 40.1 Å². The number of aryl methyl sites for hydroxylation is 1. The number of amides is 1. The molecule has 7 heteroatoms. The van der Waals surface area contributed by atoms with E-state index in [1.165, 1.54) is 0 Å². The molecule has 0 spiro atoms. The number of rotatable bonds is 7. The largest absolute Gasteiger partial charge is 0.368 e. The minimum atomic E-state index is -0.469. The van der Waals surface area contributed by atoms with E-state index < -0.39 is 6.04 Å². The molecular weight excluding hydrogens is 318 g/mol. The van der Waals surface area contributed by atoms with Crippen LogP contribution in [0.5, 0.6) is 0 Å². The van der Waals surface area contributed by atoms with Crippen molar-refractivity contribution in [1.82, 2.24) is 20.4 Å². The van der Waals surface area contributed by atoms with Crippen molar-refractivity contribution in [3.8, 4) is 0 Å². The molecule has 1 saturated heterocycles. The van der Waals surface area contributed by atoms with Gasteiger partial charge in [0.15, 0.2) is 5.82 Å². The van der Waals surface area contributed by atoms with E-state index in [1.54, 1.807) is 0 Å². The molecule has 0 radical (unpaired) electrons. The number of nitrogens with one attached hydrogen (secondary N) is 1. The van der Waals surface area contributed by atoms with Crippen LogP contribution in [0.2, 0.25) is 0 Å². The maximum Gasteiger partial charge on any atom is 0.239 e. The van der Waals surface area contributed by atoms with Gasteiger partial charge in [0.05, 0.1) is 6.54 Å². The number of likely N-dealkylation sites (tertiary alicyclic amines) is 1. The second-order valence-electron chi connectivity index (χ2n) is 6.44. The zero-order valence-corrected chi connectivity index (χ0v) is 14.5. The molecular formula is C18H25N5O2. The molecule has 2 atom stereocenters. The maximum absolute atomic E-state index is 11.9. The molecule has 2 heterocycles. The van der Waals surface area contributed by atoms with Crippen molar-refractivity contribution in [1.29, 1.82) is 0 Å². The van der Waals surface area contributed by atoms with Crippen LogP contribution in [0, 0.1) is 0 Å². The number of piperidine rings is 1. The number of benzene rings is 1. The Bertz CT molecular complexity index is 688. The van der Waals surface area contributed by atoms with Crippen LogP contribution in [0.1, 0.15) is 43.1 Å². The second kappa shape index (κ2) is 8.22. The lowest BCUT2D eigenvalue weighted by atomic mass is 10.0. The van der Waals surface area contributed by atoms with Crippen molar-refractivity contribution >= 4 is 5.91 Å². The minimum absolute atomic E-state index is 0.198. The van der Waals surface area contributed by atoms with E-state index in [1.807, 2.05) is 37.3 Å². The Morgan fingerprint density at radius 1 is 1.44 bits per heavy atom. The molecule has 1 amide bonds. The van der Waals surface area contributed by atoms with Crippen LogP contribution in [0.15, 0.2) is 34.9 Å². The van der Waals surface area contributed by atoms with Crippen LogP contribution in [-0.2, 0) is 17.8 Å². The fourth-order valence-electron chi connectivity index (χ4n) is 3.26. The van der Waals surface area contributed by atoms with E-state index >= 15 is 0 Å². The first-order valence-electron chi connectivity index (χ1n) is 8.80. The Morgan fingerprint density at radius 2 is 2.24 bits per heavy atom. The molecule has 0 saturated carbocycles. The summed E-state index contributed by atoms with van der Waals surface area (Å²) in [5.74, 6) is 1.03. The first-order valence-corrected chi connectivity index (χ1v) is 8.80. The third kappa shape index (κ3) is 4.64. The first kappa shape index (κ1) is 17.6. The van der Waals surface area contributed by atoms with Gasteiger partial charge in [-0.1, -0.05) is 42.4 Å². The highest BCUT2D eigenvalue weighted by atomic mass is 16.5. The molecule has 0 bridgehead atoms. The Balaban J connectivity index is 1.61. The summed E-state index contributed by atoms with van der Waals surface area (Å²) in [5.41, 5.74) is 6.52. The lowest BCUT2D eigenvalue weighted by molar-refractivity contribution is -0.120. The molecule has 1 aliphatic heterocycles. The predicted molar refractivity (Wildman–Crippen MR) is 93.5 cm³/mol. The highest BCUT2D eigenvalue weighted by Crippen LogP contribution is 2.18. The molecule has 7 nitrogen and oxygen atoms in total. The highest BCUT2D eigenvalue weighted by Gasteiger charge is 2.26. The van der Waals surface area contributed by atoms with Crippen molar-refractivity contribution < 1.29 is 9.32 Å². The fraction of sp³-hybridized carbons (Fsp3) is 0.500. The minimum Gasteiger partial charge on any atom is -0.368 e. The Kier molecular flexibility index (Phi) is 5.78. The van der Waals surface area contributed by atoms with E-state index in [4.69, 9.17) is 10.3 Å². The summed E-state index contributed by atoms with van der Waals surface area (Å²) in [6.07, 6.45) is 2.81. The number of hydrogen-bond acceptors (Lipinski definition) is 6. The third-order valence-corrected chi connectivity index (χ3v) is 4.50. The number of nitrogens with two attached hydrogens (primary N) is 1. The van der Waals surface area contributed by atoms with E-state index in [0.717, 1.165) is 37.9 Å². The van der Waals surface area contributed by atoms with Crippen LogP contribution in [0.3, 0.4) is 0 Å². The first-order chi connectivity index (χ1) is 12.2. The zero-order valence-electron chi connectivity index (χ0n) is 14.5. The third-order valence-electron chi connectivity index (χ3n) is 4.50. The summed E-state index contributed by atoms with van der Waals surface area (Å²) < 4.78 is 5.17. The summed E-state index contributed by atoms with van der Waals surface area (Å²) in [5, 5.41) is 7.44. The van der Waals surface area contributed by atoms with Crippen molar-refractivity contribution in [3.05, 3.63) is 47.6 Å². The van der Waals surface area contributed by atoms with Crippen LogP contribution in [0.25, 0.3) is 0 Å². The van der Waals surface area contributed by atoms with Gasteiger partial charge < -0.3 is 10.3 Å². The molecule has 0 aliphatic carbocycles. The van der Waals surface area contributed by atoms with Crippen molar-refractivity contribution in [3.63, 3.8) is 0 Å². The van der Waals surface area contributed by atoms with Gasteiger partial charge in [0.1, 0.15) is 6.04 Å². The van der Waals surface area contributed by atoms with E-state index in [-0.39, 0.29) is 11.9 Å². The molecule has 1 aromatic carbocycles. The van der Waals surface area contributed by atoms with Crippen molar-refractivity contribution in [2.75, 3.05) is 13.1 Å². The number of nitrogens with zero attached hydrogens (tertiary/aromatic N) is 3. The summed E-state index contributed by atoms with van der Waals surface area (Å²) in [7, 11) is 0. The maximum atomic E-state index is 11.9. The lowest BCUT2D eigenvalue weighted by Crippen LogP contribution is -2.49. The topological polar surface area (TPSA) is 97.3 Å². The van der Waals surface area contributed by atoms with Gasteiger partial charge in [0.25, 0.3) is 0 Å². The smallest absolute Gasteiger partial charge is 0.239 e. The average Bonchev–Trinajstić information content (AvgIpc) is 3.08. The lowest BCUT2D eigenvalue weighted by Gasteiger charge is -2.34. The molecule has 25 heavy (non-hydrogen) atoms. The predicted octanol–water partition coefficient (Wildman–Crippen LogP) is 1.41. The molecule has 1 aliphatic rings. The number of hydrogen-bond donors (Lipinski definition) is 2. The van der Waals surface area contributed by atoms with Gasteiger partial charge in [-0.25, -0.2) is 0 Å². The quantitative estimate of drug-likeness (QED) is 0.789. The van der Waals surface area contributed by atoms with Crippen LogP contribution >= 0.6 is 0 Å². The van der Waals surface area contributed by atoms with Gasteiger partial charge in [-0.2, -0.15) is 4.98 Å². The summed E-state index contributed by atoms with van der Waals surface area (Å²) in [6, 6.07) is 9.35.